The van der Waals surface area contributed by atoms with E-state index < -0.39 is 0 Å². The topological polar surface area (TPSA) is 49.3 Å². The van der Waals surface area contributed by atoms with Gasteiger partial charge >= 0.3 is 0 Å². The Kier molecular flexibility index (Phi) is 9.78. The summed E-state index contributed by atoms with van der Waals surface area (Å²) in [5.74, 6) is 2.64. The van der Waals surface area contributed by atoms with Crippen LogP contribution in [0.25, 0.3) is 0 Å². The Balaban J connectivity index is 1.75. The van der Waals surface area contributed by atoms with Crippen LogP contribution < -0.4 is 14.2 Å². The number of unbranched alkanes of at least 4 members (excludes halogenated alkanes) is 1. The van der Waals surface area contributed by atoms with Crippen molar-refractivity contribution in [2.45, 2.75) is 40.5 Å². The van der Waals surface area contributed by atoms with Gasteiger partial charge in [0.25, 0.3) is 0 Å². The van der Waals surface area contributed by atoms with Gasteiger partial charge in [0, 0.05) is 5.56 Å². The van der Waals surface area contributed by atoms with E-state index in [4.69, 9.17) is 19.0 Å². The van der Waals surface area contributed by atoms with E-state index in [1.165, 1.54) is 0 Å². The van der Waals surface area contributed by atoms with Crippen molar-refractivity contribution >= 4 is 5.71 Å². The second kappa shape index (κ2) is 12.6. The van der Waals surface area contributed by atoms with Crippen LogP contribution in [0.3, 0.4) is 0 Å². The molecule has 0 unspecified atom stereocenters. The lowest BCUT2D eigenvalue weighted by atomic mass is 10.1. The first kappa shape index (κ1) is 23.3. The first-order chi connectivity index (χ1) is 14.5. The average Bonchev–Trinajstić information content (AvgIpc) is 2.73. The van der Waals surface area contributed by atoms with Gasteiger partial charge in [-0.1, -0.05) is 29.4 Å². The third-order valence-electron chi connectivity index (χ3n) is 4.55. The number of benzene rings is 2. The van der Waals surface area contributed by atoms with Crippen molar-refractivity contribution in [2.75, 3.05) is 26.9 Å². The number of nitrogens with zero attached hydrogens (tertiary/aromatic N) is 1. The molecule has 2 aromatic carbocycles. The minimum Gasteiger partial charge on any atom is -0.494 e. The van der Waals surface area contributed by atoms with Crippen molar-refractivity contribution < 1.29 is 19.0 Å². The lowest BCUT2D eigenvalue weighted by Gasteiger charge is -2.14. The number of allylic oxidation sites excluding steroid dienone is 1. The van der Waals surface area contributed by atoms with Crippen molar-refractivity contribution in [1.82, 2.24) is 0 Å². The van der Waals surface area contributed by atoms with E-state index >= 15 is 0 Å². The Bertz CT molecular complexity index is 835. The van der Waals surface area contributed by atoms with Crippen LogP contribution in [0.15, 0.2) is 53.7 Å². The lowest BCUT2D eigenvalue weighted by molar-refractivity contribution is 0.213. The van der Waals surface area contributed by atoms with Crippen LogP contribution in [0, 0.1) is 13.8 Å². The molecule has 5 heteroatoms. The fraction of sp³-hybridized carbons (Fsp3) is 0.400. The SMILES string of the molecule is C/C=C/COc1cc(C)c(OCCCCOc2cccc(/C(C)=N/OC)c2)c(C)c1. The minimum absolute atomic E-state index is 0.581. The molecule has 0 aliphatic carbocycles. The third kappa shape index (κ3) is 7.47. The molecule has 0 bridgehead atoms. The molecule has 0 spiro atoms. The second-order valence-electron chi connectivity index (χ2n) is 7.06. The molecule has 0 radical (unpaired) electrons. The molecule has 0 N–H and O–H groups in total. The van der Waals surface area contributed by atoms with Crippen LogP contribution >= 0.6 is 0 Å². The second-order valence-corrected chi connectivity index (χ2v) is 7.06. The molecule has 0 aromatic heterocycles. The van der Waals surface area contributed by atoms with Gasteiger partial charge in [-0.15, -0.1) is 0 Å². The van der Waals surface area contributed by atoms with E-state index in [-0.39, 0.29) is 0 Å². The Morgan fingerprint density at radius 2 is 1.63 bits per heavy atom. The number of rotatable bonds is 12. The van der Waals surface area contributed by atoms with E-state index in [1.807, 2.05) is 62.4 Å². The zero-order valence-electron chi connectivity index (χ0n) is 18.7. The van der Waals surface area contributed by atoms with E-state index in [2.05, 4.69) is 19.0 Å². The quantitative estimate of drug-likeness (QED) is 0.190. The molecule has 162 valence electrons. The van der Waals surface area contributed by atoms with Gasteiger partial charge in [0.15, 0.2) is 0 Å². The van der Waals surface area contributed by atoms with Crippen LogP contribution in [0.5, 0.6) is 17.2 Å². The molecule has 0 atom stereocenters. The predicted molar refractivity (Wildman–Crippen MR) is 122 cm³/mol. The van der Waals surface area contributed by atoms with Crippen molar-refractivity contribution in [3.8, 4) is 17.2 Å². The maximum absolute atomic E-state index is 6.02. The molecule has 0 aliphatic heterocycles. The standard InChI is InChI=1S/C25H33NO4/c1-6-7-13-29-24-16-19(2)25(20(3)17-24)30-15-9-8-14-28-23-12-10-11-22(18-23)21(4)26-27-5/h6-7,10-12,16-18H,8-9,13-15H2,1-5H3/b7-6+,26-21+. The summed E-state index contributed by atoms with van der Waals surface area (Å²) >= 11 is 0. The van der Waals surface area contributed by atoms with E-state index in [9.17, 15) is 0 Å². The molecular weight excluding hydrogens is 378 g/mol. The van der Waals surface area contributed by atoms with Gasteiger partial charge in [0.1, 0.15) is 31.0 Å². The molecule has 2 aromatic rings. The van der Waals surface area contributed by atoms with Crippen molar-refractivity contribution in [2.24, 2.45) is 5.16 Å². The summed E-state index contributed by atoms with van der Waals surface area (Å²) in [5.41, 5.74) is 3.99. The highest BCUT2D eigenvalue weighted by Gasteiger charge is 2.07. The maximum atomic E-state index is 6.02. The monoisotopic (exact) mass is 411 g/mol. The zero-order chi connectivity index (χ0) is 21.8. The summed E-state index contributed by atoms with van der Waals surface area (Å²) in [6.45, 7) is 9.87. The summed E-state index contributed by atoms with van der Waals surface area (Å²) in [6.07, 6.45) is 5.80. The van der Waals surface area contributed by atoms with Crippen molar-refractivity contribution in [1.29, 1.82) is 0 Å². The number of aryl methyl sites for hydroxylation is 2. The fourth-order valence-electron chi connectivity index (χ4n) is 3.03. The highest BCUT2D eigenvalue weighted by molar-refractivity contribution is 5.98. The third-order valence-corrected chi connectivity index (χ3v) is 4.55. The first-order valence-corrected chi connectivity index (χ1v) is 10.3. The van der Waals surface area contributed by atoms with E-state index in [0.717, 1.165) is 52.5 Å². The van der Waals surface area contributed by atoms with Gasteiger partial charge in [-0.2, -0.15) is 0 Å². The molecule has 5 nitrogen and oxygen atoms in total. The molecule has 0 heterocycles. The normalized spacial score (nSPS) is 11.6. The Morgan fingerprint density at radius 3 is 2.30 bits per heavy atom. The fourth-order valence-corrected chi connectivity index (χ4v) is 3.03. The van der Waals surface area contributed by atoms with Crippen LogP contribution in [-0.4, -0.2) is 32.6 Å². The van der Waals surface area contributed by atoms with Crippen molar-refractivity contribution in [3.63, 3.8) is 0 Å². The van der Waals surface area contributed by atoms with Gasteiger partial charge in [-0.05, 0) is 75.9 Å². The van der Waals surface area contributed by atoms with Crippen LogP contribution in [0.4, 0.5) is 0 Å². The summed E-state index contributed by atoms with van der Waals surface area (Å²) in [4.78, 5) is 4.83. The summed E-state index contributed by atoms with van der Waals surface area (Å²) in [6, 6.07) is 11.9. The Hall–Kier alpha value is -2.95. The molecule has 0 saturated heterocycles. The highest BCUT2D eigenvalue weighted by Crippen LogP contribution is 2.28. The van der Waals surface area contributed by atoms with Gasteiger partial charge in [0.2, 0.25) is 0 Å². The van der Waals surface area contributed by atoms with Crippen LogP contribution in [-0.2, 0) is 4.84 Å². The van der Waals surface area contributed by atoms with Gasteiger partial charge in [0.05, 0.1) is 18.9 Å². The Labute approximate surface area is 180 Å². The number of hydrogen-bond donors (Lipinski definition) is 0. The van der Waals surface area contributed by atoms with Gasteiger partial charge in [-0.3, -0.25) is 0 Å². The van der Waals surface area contributed by atoms with Crippen LogP contribution in [0.2, 0.25) is 0 Å². The predicted octanol–water partition coefficient (Wildman–Crippen LogP) is 5.87. The van der Waals surface area contributed by atoms with Gasteiger partial charge < -0.3 is 19.0 Å². The first-order valence-electron chi connectivity index (χ1n) is 10.3. The Morgan fingerprint density at radius 1 is 0.933 bits per heavy atom. The lowest BCUT2D eigenvalue weighted by Crippen LogP contribution is -2.05. The number of ether oxygens (including phenoxy) is 3. The molecule has 0 fully saturated rings. The molecule has 30 heavy (non-hydrogen) atoms. The average molecular weight is 412 g/mol. The molecule has 0 aliphatic rings. The van der Waals surface area contributed by atoms with E-state index in [1.54, 1.807) is 7.11 Å². The number of hydrogen-bond acceptors (Lipinski definition) is 5. The highest BCUT2D eigenvalue weighted by atomic mass is 16.6. The molecule has 2 rings (SSSR count). The number of oxime groups is 1. The molecule has 0 saturated carbocycles. The summed E-state index contributed by atoms with van der Waals surface area (Å²) < 4.78 is 17.6. The molecule has 0 amide bonds. The van der Waals surface area contributed by atoms with Crippen LogP contribution in [0.1, 0.15) is 43.4 Å². The van der Waals surface area contributed by atoms with Crippen molar-refractivity contribution in [3.05, 3.63) is 65.2 Å². The largest absolute Gasteiger partial charge is 0.494 e. The minimum atomic E-state index is 0.581. The maximum Gasteiger partial charge on any atom is 0.125 e. The smallest absolute Gasteiger partial charge is 0.125 e. The molecular formula is C25H33NO4. The summed E-state index contributed by atoms with van der Waals surface area (Å²) in [5, 5.41) is 3.96. The summed E-state index contributed by atoms with van der Waals surface area (Å²) in [7, 11) is 1.54. The zero-order valence-corrected chi connectivity index (χ0v) is 18.7. The van der Waals surface area contributed by atoms with Gasteiger partial charge in [-0.25, -0.2) is 0 Å². The van der Waals surface area contributed by atoms with E-state index in [0.29, 0.717) is 19.8 Å².